The van der Waals surface area contributed by atoms with Gasteiger partial charge < -0.3 is 4.90 Å². The third-order valence-corrected chi connectivity index (χ3v) is 8.61. The summed E-state index contributed by atoms with van der Waals surface area (Å²) in [5, 5.41) is 5.02. The molecule has 0 aromatic heterocycles. The van der Waals surface area contributed by atoms with Crippen molar-refractivity contribution < 1.29 is 0 Å². The first kappa shape index (κ1) is 26.7. The van der Waals surface area contributed by atoms with Gasteiger partial charge in [0.1, 0.15) is 0 Å². The quantitative estimate of drug-likeness (QED) is 0.191. The predicted octanol–water partition coefficient (Wildman–Crippen LogP) is 12.5. The van der Waals surface area contributed by atoms with Crippen LogP contribution in [0.1, 0.15) is 0 Å². The minimum Gasteiger partial charge on any atom is -0.310 e. The van der Waals surface area contributed by atoms with Crippen molar-refractivity contribution in [2.75, 3.05) is 4.90 Å². The predicted molar refractivity (Wildman–Crippen MR) is 192 cm³/mol. The average Bonchev–Trinajstić information content (AvgIpc) is 3.12. The Kier molecular flexibility index (Phi) is 6.90. The molecule has 0 atom stereocenters. The molecule has 0 aliphatic heterocycles. The first-order chi connectivity index (χ1) is 22.3. The number of anilines is 3. The summed E-state index contributed by atoms with van der Waals surface area (Å²) in [6.45, 7) is 0. The molecule has 8 aromatic rings. The van der Waals surface area contributed by atoms with Crippen LogP contribution < -0.4 is 4.90 Å². The van der Waals surface area contributed by atoms with Crippen molar-refractivity contribution in [3.63, 3.8) is 0 Å². The van der Waals surface area contributed by atoms with Gasteiger partial charge >= 0.3 is 0 Å². The van der Waals surface area contributed by atoms with Gasteiger partial charge in [-0.1, -0.05) is 133 Å². The summed E-state index contributed by atoms with van der Waals surface area (Å²) in [7, 11) is 0. The van der Waals surface area contributed by atoms with Gasteiger partial charge in [0.05, 0.1) is 0 Å². The summed E-state index contributed by atoms with van der Waals surface area (Å²) in [6, 6.07) is 67.7. The van der Waals surface area contributed by atoms with Crippen LogP contribution in [0.25, 0.3) is 54.9 Å². The summed E-state index contributed by atoms with van der Waals surface area (Å²) in [5.41, 5.74) is 10.7. The molecule has 212 valence electrons. The minimum absolute atomic E-state index is 1.12. The normalized spacial score (nSPS) is 11.1. The van der Waals surface area contributed by atoms with Crippen LogP contribution in [0.2, 0.25) is 0 Å². The lowest BCUT2D eigenvalue weighted by atomic mass is 9.96. The zero-order valence-corrected chi connectivity index (χ0v) is 24.8. The Labute approximate surface area is 264 Å². The summed E-state index contributed by atoms with van der Waals surface area (Å²) in [5.74, 6) is 0. The van der Waals surface area contributed by atoms with Gasteiger partial charge in [-0.25, -0.2) is 0 Å². The van der Waals surface area contributed by atoms with Crippen LogP contribution in [0.3, 0.4) is 0 Å². The number of para-hydroxylation sites is 1. The standard InChI is InChI=1S/C44H31N/c1-3-10-32(11-4-1)37-14-9-17-44(31-37)45(42-15-5-2-6-16-42)43-26-24-34(25-27-43)38-21-19-35-20-23-40(30-41(35)29-38)39-22-18-33-12-7-8-13-36(33)28-39/h1-31H. The van der Waals surface area contributed by atoms with Crippen molar-refractivity contribution in [1.29, 1.82) is 0 Å². The summed E-state index contributed by atoms with van der Waals surface area (Å²) < 4.78 is 0. The highest BCUT2D eigenvalue weighted by Crippen LogP contribution is 2.38. The molecular formula is C44H31N. The highest BCUT2D eigenvalue weighted by Gasteiger charge is 2.14. The molecule has 0 amide bonds. The lowest BCUT2D eigenvalue weighted by Gasteiger charge is -2.26. The third-order valence-electron chi connectivity index (χ3n) is 8.61. The zero-order chi connectivity index (χ0) is 30.0. The number of hydrogen-bond acceptors (Lipinski definition) is 1. The number of hydrogen-bond donors (Lipinski definition) is 0. The molecule has 45 heavy (non-hydrogen) atoms. The molecule has 0 radical (unpaired) electrons. The second kappa shape index (κ2) is 11.6. The van der Waals surface area contributed by atoms with Crippen LogP contribution in [0.15, 0.2) is 188 Å². The second-order valence-electron chi connectivity index (χ2n) is 11.5. The van der Waals surface area contributed by atoms with E-state index >= 15 is 0 Å². The van der Waals surface area contributed by atoms with Crippen LogP contribution in [0.4, 0.5) is 17.1 Å². The van der Waals surface area contributed by atoms with Crippen molar-refractivity contribution in [2.45, 2.75) is 0 Å². The van der Waals surface area contributed by atoms with E-state index in [0.29, 0.717) is 0 Å². The fourth-order valence-electron chi connectivity index (χ4n) is 6.26. The molecule has 0 aliphatic rings. The van der Waals surface area contributed by atoms with Gasteiger partial charge in [-0.05, 0) is 110 Å². The molecule has 0 N–H and O–H groups in total. The molecule has 0 fully saturated rings. The molecule has 0 spiro atoms. The highest BCUT2D eigenvalue weighted by atomic mass is 15.1. The second-order valence-corrected chi connectivity index (χ2v) is 11.5. The minimum atomic E-state index is 1.12. The maximum Gasteiger partial charge on any atom is 0.0467 e. The molecule has 1 heteroatoms. The fourth-order valence-corrected chi connectivity index (χ4v) is 6.26. The van der Waals surface area contributed by atoms with Crippen LogP contribution >= 0.6 is 0 Å². The third kappa shape index (κ3) is 5.37. The smallest absolute Gasteiger partial charge is 0.0467 e. The Balaban J connectivity index is 1.14. The topological polar surface area (TPSA) is 3.24 Å². The SMILES string of the molecule is c1ccc(-c2cccc(N(c3ccccc3)c3ccc(-c4ccc5ccc(-c6ccc7ccccc7c6)cc5c4)cc3)c2)cc1. The van der Waals surface area contributed by atoms with Gasteiger partial charge in [0, 0.05) is 17.1 Å². The molecular weight excluding hydrogens is 542 g/mol. The van der Waals surface area contributed by atoms with Gasteiger partial charge in [0.2, 0.25) is 0 Å². The number of rotatable bonds is 6. The van der Waals surface area contributed by atoms with E-state index in [0.717, 1.165) is 17.1 Å². The highest BCUT2D eigenvalue weighted by molar-refractivity contribution is 5.93. The van der Waals surface area contributed by atoms with Crippen LogP contribution in [-0.4, -0.2) is 0 Å². The van der Waals surface area contributed by atoms with E-state index in [9.17, 15) is 0 Å². The maximum absolute atomic E-state index is 2.33. The van der Waals surface area contributed by atoms with Crippen molar-refractivity contribution in [1.82, 2.24) is 0 Å². The van der Waals surface area contributed by atoms with Crippen LogP contribution in [0.5, 0.6) is 0 Å². The lowest BCUT2D eigenvalue weighted by Crippen LogP contribution is -2.09. The maximum atomic E-state index is 2.33. The fraction of sp³-hybridized carbons (Fsp3) is 0. The van der Waals surface area contributed by atoms with E-state index < -0.39 is 0 Å². The lowest BCUT2D eigenvalue weighted by molar-refractivity contribution is 1.28. The Hall–Kier alpha value is -5.92. The zero-order valence-electron chi connectivity index (χ0n) is 24.8. The van der Waals surface area contributed by atoms with E-state index in [-0.39, 0.29) is 0 Å². The molecule has 8 rings (SSSR count). The number of fused-ring (bicyclic) bond motifs is 2. The Morgan fingerprint density at radius 1 is 0.222 bits per heavy atom. The summed E-state index contributed by atoms with van der Waals surface area (Å²) in [6.07, 6.45) is 0. The van der Waals surface area contributed by atoms with Gasteiger partial charge in [0.15, 0.2) is 0 Å². The van der Waals surface area contributed by atoms with Gasteiger partial charge in [-0.2, -0.15) is 0 Å². The number of benzene rings is 8. The van der Waals surface area contributed by atoms with Gasteiger partial charge in [0.25, 0.3) is 0 Å². The van der Waals surface area contributed by atoms with Crippen molar-refractivity contribution in [2.24, 2.45) is 0 Å². The average molecular weight is 574 g/mol. The van der Waals surface area contributed by atoms with E-state index in [1.165, 1.54) is 54.9 Å². The number of nitrogens with zero attached hydrogens (tertiary/aromatic N) is 1. The Morgan fingerprint density at radius 3 is 1.33 bits per heavy atom. The molecule has 0 unspecified atom stereocenters. The Morgan fingerprint density at radius 2 is 0.644 bits per heavy atom. The van der Waals surface area contributed by atoms with Crippen molar-refractivity contribution in [3.8, 4) is 33.4 Å². The van der Waals surface area contributed by atoms with Crippen LogP contribution in [0, 0.1) is 0 Å². The van der Waals surface area contributed by atoms with E-state index in [1.807, 2.05) is 0 Å². The van der Waals surface area contributed by atoms with E-state index in [2.05, 4.69) is 193 Å². The monoisotopic (exact) mass is 573 g/mol. The van der Waals surface area contributed by atoms with Crippen LogP contribution in [-0.2, 0) is 0 Å². The molecule has 0 saturated carbocycles. The molecule has 1 nitrogen and oxygen atoms in total. The molecule has 0 saturated heterocycles. The molecule has 0 aliphatic carbocycles. The first-order valence-corrected chi connectivity index (χ1v) is 15.4. The van der Waals surface area contributed by atoms with Gasteiger partial charge in [-0.3, -0.25) is 0 Å². The Bertz CT molecular complexity index is 2250. The molecule has 0 bridgehead atoms. The molecule has 8 aromatic carbocycles. The van der Waals surface area contributed by atoms with E-state index in [4.69, 9.17) is 0 Å². The summed E-state index contributed by atoms with van der Waals surface area (Å²) >= 11 is 0. The largest absolute Gasteiger partial charge is 0.310 e. The van der Waals surface area contributed by atoms with Crippen molar-refractivity contribution in [3.05, 3.63) is 188 Å². The molecule has 0 heterocycles. The van der Waals surface area contributed by atoms with Crippen molar-refractivity contribution >= 4 is 38.6 Å². The first-order valence-electron chi connectivity index (χ1n) is 15.4. The van der Waals surface area contributed by atoms with E-state index in [1.54, 1.807) is 0 Å². The summed E-state index contributed by atoms with van der Waals surface area (Å²) in [4.78, 5) is 2.33. The van der Waals surface area contributed by atoms with Gasteiger partial charge in [-0.15, -0.1) is 0 Å².